The first kappa shape index (κ1) is 12.2. The summed E-state index contributed by atoms with van der Waals surface area (Å²) in [7, 11) is 0. The molecule has 0 aliphatic rings. The highest BCUT2D eigenvalue weighted by Crippen LogP contribution is 2.09. The predicted molar refractivity (Wildman–Crippen MR) is 74.7 cm³/mol. The maximum Gasteiger partial charge on any atom is 0.283 e. The molecular formula is C13H13ClN4O. The quantitative estimate of drug-likeness (QED) is 0.541. The Balaban J connectivity index is 2.15. The molecule has 0 bridgehead atoms. The van der Waals surface area contributed by atoms with E-state index >= 15 is 0 Å². The average Bonchev–Trinajstić information content (AvgIpc) is 2.83. The summed E-state index contributed by atoms with van der Waals surface area (Å²) in [6.07, 6.45) is 3.53. The largest absolute Gasteiger partial charge is 0.299 e. The highest BCUT2D eigenvalue weighted by atomic mass is 35.5. The van der Waals surface area contributed by atoms with Gasteiger partial charge in [0.05, 0.1) is 10.9 Å². The first-order chi connectivity index (χ1) is 9.31. The fourth-order valence-electron chi connectivity index (χ4n) is 2.10. The van der Waals surface area contributed by atoms with E-state index in [4.69, 9.17) is 11.6 Å². The van der Waals surface area contributed by atoms with Crippen LogP contribution in [0.1, 0.15) is 12.8 Å². The Kier molecular flexibility index (Phi) is 3.21. The van der Waals surface area contributed by atoms with E-state index in [1.54, 1.807) is 12.4 Å². The molecule has 3 aromatic rings. The van der Waals surface area contributed by atoms with Crippen molar-refractivity contribution >= 4 is 28.3 Å². The fourth-order valence-corrected chi connectivity index (χ4v) is 2.29. The molecule has 0 unspecified atom stereocenters. The second-order valence-corrected chi connectivity index (χ2v) is 4.74. The summed E-state index contributed by atoms with van der Waals surface area (Å²) in [4.78, 5) is 16.8. The van der Waals surface area contributed by atoms with Gasteiger partial charge < -0.3 is 0 Å². The Hall–Kier alpha value is -1.88. The highest BCUT2D eigenvalue weighted by molar-refractivity contribution is 6.17. The lowest BCUT2D eigenvalue weighted by atomic mass is 10.2. The molecule has 5 nitrogen and oxygen atoms in total. The van der Waals surface area contributed by atoms with E-state index in [0.29, 0.717) is 22.6 Å². The van der Waals surface area contributed by atoms with E-state index < -0.39 is 0 Å². The van der Waals surface area contributed by atoms with Gasteiger partial charge in [0.2, 0.25) is 5.78 Å². The Bertz CT molecular complexity index is 777. The van der Waals surface area contributed by atoms with Crippen LogP contribution in [0.25, 0.3) is 16.7 Å². The third kappa shape index (κ3) is 2.10. The van der Waals surface area contributed by atoms with Gasteiger partial charge in [0.1, 0.15) is 6.33 Å². The molecule has 3 rings (SSSR count). The first-order valence-electron chi connectivity index (χ1n) is 6.20. The van der Waals surface area contributed by atoms with Gasteiger partial charge in [-0.25, -0.2) is 4.98 Å². The minimum absolute atomic E-state index is 0.128. The lowest BCUT2D eigenvalue weighted by Crippen LogP contribution is -2.16. The summed E-state index contributed by atoms with van der Waals surface area (Å²) < 4.78 is 3.24. The summed E-state index contributed by atoms with van der Waals surface area (Å²) in [5, 5.41) is 4.71. The molecule has 2 aromatic heterocycles. The lowest BCUT2D eigenvalue weighted by molar-refractivity contribution is 0.643. The maximum absolute atomic E-state index is 12.3. The fraction of sp³-hybridized carbons (Fsp3) is 0.308. The summed E-state index contributed by atoms with van der Waals surface area (Å²) in [5.41, 5.74) is 0.572. The van der Waals surface area contributed by atoms with Crippen LogP contribution in [0.4, 0.5) is 0 Å². The monoisotopic (exact) mass is 276 g/mol. The molecule has 6 heteroatoms. The van der Waals surface area contributed by atoms with Crippen molar-refractivity contribution < 1.29 is 0 Å². The zero-order chi connectivity index (χ0) is 13.2. The van der Waals surface area contributed by atoms with E-state index in [-0.39, 0.29) is 5.56 Å². The SMILES string of the molecule is O=c1c2ccccc2nc2n(CCCCCl)cnn12. The number of unbranched alkanes of at least 4 members (excludes halogenated alkanes) is 1. The van der Waals surface area contributed by atoms with E-state index in [1.807, 2.05) is 22.8 Å². The lowest BCUT2D eigenvalue weighted by Gasteiger charge is -2.02. The number of nitrogens with zero attached hydrogens (tertiary/aromatic N) is 4. The summed E-state index contributed by atoms with van der Waals surface area (Å²) in [6.45, 7) is 0.765. The molecule has 19 heavy (non-hydrogen) atoms. The van der Waals surface area contributed by atoms with Crippen LogP contribution >= 0.6 is 11.6 Å². The standard InChI is InChI=1S/C13H13ClN4O/c14-7-3-4-8-17-9-15-18-12(19)10-5-1-2-6-11(10)16-13(17)18/h1-2,5-6,9H,3-4,7-8H2. The highest BCUT2D eigenvalue weighted by Gasteiger charge is 2.09. The Morgan fingerprint density at radius 1 is 1.21 bits per heavy atom. The second kappa shape index (κ2) is 5.01. The minimum atomic E-state index is -0.128. The number of alkyl halides is 1. The molecule has 98 valence electrons. The number of para-hydroxylation sites is 1. The van der Waals surface area contributed by atoms with Crippen molar-refractivity contribution in [3.63, 3.8) is 0 Å². The topological polar surface area (TPSA) is 52.2 Å². The van der Waals surface area contributed by atoms with Crippen molar-refractivity contribution in [2.24, 2.45) is 0 Å². The summed E-state index contributed by atoms with van der Waals surface area (Å²) in [5.74, 6) is 1.22. The average molecular weight is 277 g/mol. The van der Waals surface area contributed by atoms with Crippen molar-refractivity contribution in [3.8, 4) is 0 Å². The van der Waals surface area contributed by atoms with E-state index in [9.17, 15) is 4.79 Å². The number of fused-ring (bicyclic) bond motifs is 2. The molecule has 0 fully saturated rings. The van der Waals surface area contributed by atoms with Crippen LogP contribution in [0, 0.1) is 0 Å². The molecule has 0 aliphatic heterocycles. The summed E-state index contributed by atoms with van der Waals surface area (Å²) in [6, 6.07) is 7.31. The van der Waals surface area contributed by atoms with E-state index in [2.05, 4.69) is 10.1 Å². The van der Waals surface area contributed by atoms with Gasteiger partial charge in [-0.15, -0.1) is 11.6 Å². The Morgan fingerprint density at radius 2 is 2.05 bits per heavy atom. The molecule has 0 atom stereocenters. The van der Waals surface area contributed by atoms with Crippen LogP contribution in [-0.4, -0.2) is 25.0 Å². The number of benzene rings is 1. The molecule has 0 spiro atoms. The Morgan fingerprint density at radius 3 is 2.89 bits per heavy atom. The van der Waals surface area contributed by atoms with Crippen LogP contribution in [0.2, 0.25) is 0 Å². The van der Waals surface area contributed by atoms with Crippen LogP contribution in [0.5, 0.6) is 0 Å². The molecule has 0 saturated carbocycles. The van der Waals surface area contributed by atoms with Crippen LogP contribution < -0.4 is 5.56 Å². The minimum Gasteiger partial charge on any atom is -0.299 e. The van der Waals surface area contributed by atoms with Crippen molar-refractivity contribution in [2.45, 2.75) is 19.4 Å². The van der Waals surface area contributed by atoms with Crippen LogP contribution in [-0.2, 0) is 6.54 Å². The maximum atomic E-state index is 12.3. The number of aromatic nitrogens is 4. The second-order valence-electron chi connectivity index (χ2n) is 4.37. The van der Waals surface area contributed by atoms with E-state index in [1.165, 1.54) is 4.52 Å². The van der Waals surface area contributed by atoms with Crippen LogP contribution in [0.15, 0.2) is 35.4 Å². The van der Waals surface area contributed by atoms with Gasteiger partial charge in [-0.1, -0.05) is 12.1 Å². The number of rotatable bonds is 4. The smallest absolute Gasteiger partial charge is 0.283 e. The Labute approximate surface area is 114 Å². The molecular weight excluding hydrogens is 264 g/mol. The molecule has 0 amide bonds. The van der Waals surface area contributed by atoms with Gasteiger partial charge in [-0.2, -0.15) is 9.61 Å². The number of aryl methyl sites for hydroxylation is 1. The van der Waals surface area contributed by atoms with Gasteiger partial charge in [0.25, 0.3) is 5.56 Å². The van der Waals surface area contributed by atoms with Gasteiger partial charge in [-0.05, 0) is 25.0 Å². The van der Waals surface area contributed by atoms with Crippen molar-refractivity contribution in [1.29, 1.82) is 0 Å². The van der Waals surface area contributed by atoms with Gasteiger partial charge in [0, 0.05) is 12.4 Å². The normalized spacial score (nSPS) is 11.4. The summed E-state index contributed by atoms with van der Waals surface area (Å²) >= 11 is 5.67. The molecule has 1 aromatic carbocycles. The molecule has 0 aliphatic carbocycles. The van der Waals surface area contributed by atoms with Crippen LogP contribution in [0.3, 0.4) is 0 Å². The van der Waals surface area contributed by atoms with Gasteiger partial charge in [-0.3, -0.25) is 9.36 Å². The molecule has 2 heterocycles. The third-order valence-electron chi connectivity index (χ3n) is 3.08. The number of halogens is 1. The first-order valence-corrected chi connectivity index (χ1v) is 6.73. The van der Waals surface area contributed by atoms with E-state index in [0.717, 1.165) is 19.4 Å². The van der Waals surface area contributed by atoms with Gasteiger partial charge >= 0.3 is 0 Å². The zero-order valence-electron chi connectivity index (χ0n) is 10.3. The van der Waals surface area contributed by atoms with Crippen molar-refractivity contribution in [2.75, 3.05) is 5.88 Å². The molecule has 0 radical (unpaired) electrons. The van der Waals surface area contributed by atoms with Crippen molar-refractivity contribution in [1.82, 2.24) is 19.2 Å². The van der Waals surface area contributed by atoms with Gasteiger partial charge in [0.15, 0.2) is 0 Å². The zero-order valence-corrected chi connectivity index (χ0v) is 11.0. The number of hydrogen-bond donors (Lipinski definition) is 0. The number of hydrogen-bond acceptors (Lipinski definition) is 3. The molecule has 0 N–H and O–H groups in total. The van der Waals surface area contributed by atoms with Crippen molar-refractivity contribution in [3.05, 3.63) is 40.9 Å². The molecule has 0 saturated heterocycles. The third-order valence-corrected chi connectivity index (χ3v) is 3.35. The predicted octanol–water partition coefficient (Wildman–Crippen LogP) is 2.06.